The molecule has 1 fully saturated rings. The molecule has 1 saturated heterocycles. The number of hydrogen-bond acceptors (Lipinski definition) is 2. The van der Waals surface area contributed by atoms with Crippen molar-refractivity contribution in [2.24, 2.45) is 0 Å². The van der Waals surface area contributed by atoms with Crippen molar-refractivity contribution in [3.8, 4) is 0 Å². The van der Waals surface area contributed by atoms with Crippen LogP contribution in [0.25, 0.3) is 0 Å². The van der Waals surface area contributed by atoms with Gasteiger partial charge in [0.2, 0.25) is 5.91 Å². The first-order valence-electron chi connectivity index (χ1n) is 6.02. The Balaban J connectivity index is 1.74. The summed E-state index contributed by atoms with van der Waals surface area (Å²) >= 11 is 5.78. The first kappa shape index (κ1) is 12.4. The van der Waals surface area contributed by atoms with Crippen LogP contribution in [0.2, 0.25) is 5.02 Å². The minimum Gasteiger partial charge on any atom is -0.326 e. The summed E-state index contributed by atoms with van der Waals surface area (Å²) in [7, 11) is 0. The van der Waals surface area contributed by atoms with Gasteiger partial charge in [-0.1, -0.05) is 11.6 Å². The van der Waals surface area contributed by atoms with E-state index in [0.29, 0.717) is 11.4 Å². The number of benzene rings is 1. The van der Waals surface area contributed by atoms with E-state index in [1.807, 2.05) is 12.1 Å². The van der Waals surface area contributed by atoms with E-state index >= 15 is 0 Å². The minimum atomic E-state index is 0.0687. The predicted molar refractivity (Wildman–Crippen MR) is 70.4 cm³/mol. The zero-order valence-corrected chi connectivity index (χ0v) is 10.5. The normalized spacial score (nSPS) is 16.1. The third kappa shape index (κ3) is 4.02. The number of carbonyl (C=O) groups excluding carboxylic acids is 1. The second-order valence-corrected chi connectivity index (χ2v) is 4.79. The molecule has 1 N–H and O–H groups in total. The maximum Gasteiger partial charge on any atom is 0.225 e. The van der Waals surface area contributed by atoms with Crippen molar-refractivity contribution in [1.82, 2.24) is 4.90 Å². The second-order valence-electron chi connectivity index (χ2n) is 4.35. The third-order valence-corrected chi connectivity index (χ3v) is 3.23. The molecule has 1 heterocycles. The van der Waals surface area contributed by atoms with Crippen LogP contribution in [0, 0.1) is 0 Å². The molecule has 0 bridgehead atoms. The summed E-state index contributed by atoms with van der Waals surface area (Å²) in [6, 6.07) is 7.18. The summed E-state index contributed by atoms with van der Waals surface area (Å²) < 4.78 is 0. The fourth-order valence-corrected chi connectivity index (χ4v) is 2.15. The SMILES string of the molecule is O=C(CCN1CCCC1)Nc1ccc(Cl)cc1. The number of halogens is 1. The number of rotatable bonds is 4. The van der Waals surface area contributed by atoms with Gasteiger partial charge in [0.1, 0.15) is 0 Å². The fraction of sp³-hybridized carbons (Fsp3) is 0.462. The summed E-state index contributed by atoms with van der Waals surface area (Å²) in [5.41, 5.74) is 0.806. The lowest BCUT2D eigenvalue weighted by atomic mass is 10.3. The van der Waals surface area contributed by atoms with E-state index in [1.54, 1.807) is 12.1 Å². The van der Waals surface area contributed by atoms with Gasteiger partial charge in [-0.05, 0) is 50.2 Å². The van der Waals surface area contributed by atoms with Crippen molar-refractivity contribution in [3.05, 3.63) is 29.3 Å². The van der Waals surface area contributed by atoms with Crippen molar-refractivity contribution < 1.29 is 4.79 Å². The quantitative estimate of drug-likeness (QED) is 0.894. The van der Waals surface area contributed by atoms with E-state index in [4.69, 9.17) is 11.6 Å². The van der Waals surface area contributed by atoms with Gasteiger partial charge in [0.05, 0.1) is 0 Å². The van der Waals surface area contributed by atoms with Crippen LogP contribution in [0.4, 0.5) is 5.69 Å². The van der Waals surface area contributed by atoms with Crippen molar-refractivity contribution in [1.29, 1.82) is 0 Å². The first-order chi connectivity index (χ1) is 8.24. The molecular formula is C13H17ClN2O. The number of nitrogens with one attached hydrogen (secondary N) is 1. The van der Waals surface area contributed by atoms with Crippen LogP contribution in [0.15, 0.2) is 24.3 Å². The highest BCUT2D eigenvalue weighted by Crippen LogP contribution is 2.14. The predicted octanol–water partition coefficient (Wildman–Crippen LogP) is 2.76. The number of hydrogen-bond donors (Lipinski definition) is 1. The van der Waals surface area contributed by atoms with Gasteiger partial charge in [-0.2, -0.15) is 0 Å². The molecule has 1 aliphatic heterocycles. The summed E-state index contributed by atoms with van der Waals surface area (Å²) in [6.07, 6.45) is 3.08. The maximum absolute atomic E-state index is 11.7. The molecule has 0 spiro atoms. The van der Waals surface area contributed by atoms with E-state index in [9.17, 15) is 4.79 Å². The van der Waals surface area contributed by atoms with Crippen molar-refractivity contribution in [2.45, 2.75) is 19.3 Å². The molecule has 92 valence electrons. The Morgan fingerprint density at radius 2 is 1.88 bits per heavy atom. The smallest absolute Gasteiger partial charge is 0.225 e. The fourth-order valence-electron chi connectivity index (χ4n) is 2.02. The van der Waals surface area contributed by atoms with Gasteiger partial charge in [-0.25, -0.2) is 0 Å². The van der Waals surface area contributed by atoms with Crippen LogP contribution in [0.3, 0.4) is 0 Å². The molecule has 0 atom stereocenters. The Kier molecular flexibility index (Phi) is 4.40. The number of nitrogens with zero attached hydrogens (tertiary/aromatic N) is 1. The Labute approximate surface area is 107 Å². The van der Waals surface area contributed by atoms with E-state index in [2.05, 4.69) is 10.2 Å². The van der Waals surface area contributed by atoms with Gasteiger partial charge in [0, 0.05) is 23.7 Å². The first-order valence-corrected chi connectivity index (χ1v) is 6.39. The molecule has 0 saturated carbocycles. The zero-order valence-electron chi connectivity index (χ0n) is 9.79. The summed E-state index contributed by atoms with van der Waals surface area (Å²) in [4.78, 5) is 14.0. The highest BCUT2D eigenvalue weighted by atomic mass is 35.5. The molecule has 4 heteroatoms. The van der Waals surface area contributed by atoms with Crippen molar-refractivity contribution >= 4 is 23.2 Å². The van der Waals surface area contributed by atoms with Crippen LogP contribution in [-0.2, 0) is 4.79 Å². The summed E-state index contributed by atoms with van der Waals surface area (Å²) in [5, 5.41) is 3.55. The standard InChI is InChI=1S/C13H17ClN2O/c14-11-3-5-12(6-4-11)15-13(17)7-10-16-8-1-2-9-16/h3-6H,1-2,7-10H2,(H,15,17). The lowest BCUT2D eigenvalue weighted by molar-refractivity contribution is -0.116. The average molecular weight is 253 g/mol. The molecule has 0 aliphatic carbocycles. The molecule has 2 rings (SSSR count). The highest BCUT2D eigenvalue weighted by molar-refractivity contribution is 6.30. The lowest BCUT2D eigenvalue weighted by Crippen LogP contribution is -2.25. The van der Waals surface area contributed by atoms with Gasteiger partial charge >= 0.3 is 0 Å². The summed E-state index contributed by atoms with van der Waals surface area (Å²) in [5.74, 6) is 0.0687. The maximum atomic E-state index is 11.7. The number of carbonyl (C=O) groups is 1. The number of likely N-dealkylation sites (tertiary alicyclic amines) is 1. The van der Waals surface area contributed by atoms with Crippen LogP contribution < -0.4 is 5.32 Å². The monoisotopic (exact) mass is 252 g/mol. The zero-order chi connectivity index (χ0) is 12.1. The van der Waals surface area contributed by atoms with Crippen LogP contribution in [-0.4, -0.2) is 30.4 Å². The lowest BCUT2D eigenvalue weighted by Gasteiger charge is -2.13. The van der Waals surface area contributed by atoms with Crippen LogP contribution in [0.1, 0.15) is 19.3 Å². The van der Waals surface area contributed by atoms with E-state index in [0.717, 1.165) is 25.3 Å². The van der Waals surface area contributed by atoms with Gasteiger partial charge < -0.3 is 10.2 Å². The Morgan fingerprint density at radius 1 is 1.24 bits per heavy atom. The van der Waals surface area contributed by atoms with Gasteiger partial charge in [-0.15, -0.1) is 0 Å². The van der Waals surface area contributed by atoms with Gasteiger partial charge in [0.25, 0.3) is 0 Å². The molecule has 1 aromatic carbocycles. The van der Waals surface area contributed by atoms with Gasteiger partial charge in [0.15, 0.2) is 0 Å². The Hall–Kier alpha value is -1.06. The van der Waals surface area contributed by atoms with E-state index in [-0.39, 0.29) is 5.91 Å². The second kappa shape index (κ2) is 6.03. The third-order valence-electron chi connectivity index (χ3n) is 2.98. The molecular weight excluding hydrogens is 236 g/mol. The molecule has 0 unspecified atom stereocenters. The molecule has 17 heavy (non-hydrogen) atoms. The largest absolute Gasteiger partial charge is 0.326 e. The molecule has 1 aliphatic rings. The molecule has 3 nitrogen and oxygen atoms in total. The van der Waals surface area contributed by atoms with Crippen LogP contribution >= 0.6 is 11.6 Å². The van der Waals surface area contributed by atoms with Gasteiger partial charge in [-0.3, -0.25) is 4.79 Å². The summed E-state index contributed by atoms with van der Waals surface area (Å²) in [6.45, 7) is 3.13. The highest BCUT2D eigenvalue weighted by Gasteiger charge is 2.12. The molecule has 1 amide bonds. The van der Waals surface area contributed by atoms with Crippen LogP contribution in [0.5, 0.6) is 0 Å². The molecule has 0 aromatic heterocycles. The van der Waals surface area contributed by atoms with Crippen molar-refractivity contribution in [2.75, 3.05) is 25.0 Å². The Bertz CT molecular complexity index is 372. The van der Waals surface area contributed by atoms with E-state index in [1.165, 1.54) is 12.8 Å². The molecule has 1 aromatic rings. The Morgan fingerprint density at radius 3 is 2.53 bits per heavy atom. The molecule has 0 radical (unpaired) electrons. The average Bonchev–Trinajstić information content (AvgIpc) is 2.83. The van der Waals surface area contributed by atoms with Crippen molar-refractivity contribution in [3.63, 3.8) is 0 Å². The number of anilines is 1. The van der Waals surface area contributed by atoms with E-state index < -0.39 is 0 Å². The minimum absolute atomic E-state index is 0.0687. The number of amides is 1. The topological polar surface area (TPSA) is 32.3 Å².